The average Bonchev–Trinajstić information content (AvgIpc) is 2.78. The van der Waals surface area contributed by atoms with E-state index in [4.69, 9.17) is 9.15 Å². The van der Waals surface area contributed by atoms with Crippen LogP contribution in [0.5, 0.6) is 5.88 Å². The topological polar surface area (TPSA) is 84.8 Å². The molecule has 0 saturated carbocycles. The first-order valence-corrected chi connectivity index (χ1v) is 7.11. The van der Waals surface area contributed by atoms with Gasteiger partial charge in [0.05, 0.1) is 0 Å². The highest BCUT2D eigenvalue weighted by Crippen LogP contribution is 2.25. The van der Waals surface area contributed by atoms with Gasteiger partial charge in [0.2, 0.25) is 11.8 Å². The molecule has 21 heavy (non-hydrogen) atoms. The van der Waals surface area contributed by atoms with Gasteiger partial charge in [-0.1, -0.05) is 6.42 Å². The van der Waals surface area contributed by atoms with Gasteiger partial charge in [-0.15, -0.1) is 10.2 Å². The van der Waals surface area contributed by atoms with E-state index in [1.165, 1.54) is 12.0 Å². The van der Waals surface area contributed by atoms with Crippen LogP contribution in [-0.2, 0) is 19.4 Å². The second kappa shape index (κ2) is 5.92. The Morgan fingerprint density at radius 2 is 2.14 bits per heavy atom. The number of fused-ring (bicyclic) bond motifs is 1. The summed E-state index contributed by atoms with van der Waals surface area (Å²) < 4.78 is 10.9. The van der Waals surface area contributed by atoms with Crippen LogP contribution in [0.3, 0.4) is 0 Å². The van der Waals surface area contributed by atoms with Gasteiger partial charge in [0, 0.05) is 12.6 Å². The summed E-state index contributed by atoms with van der Waals surface area (Å²) >= 11 is 0. The maximum Gasteiger partial charge on any atom is 0.253 e. The van der Waals surface area contributed by atoms with E-state index in [1.807, 2.05) is 6.07 Å². The number of aryl methyl sites for hydroxylation is 3. The summed E-state index contributed by atoms with van der Waals surface area (Å²) in [6.45, 7) is 1.85. The van der Waals surface area contributed by atoms with Crippen LogP contribution < -0.4 is 4.74 Å². The summed E-state index contributed by atoms with van der Waals surface area (Å²) in [5.41, 5.74) is 2.68. The van der Waals surface area contributed by atoms with Crippen molar-refractivity contribution in [1.82, 2.24) is 15.2 Å². The third-order valence-electron chi connectivity index (χ3n) is 3.54. The van der Waals surface area contributed by atoms with Gasteiger partial charge in [-0.2, -0.15) is 5.26 Å². The number of pyridine rings is 1. The standard InChI is InChI=1S/C15H16N4O2/c1-10-18-19-14(21-10)9-20-15-12(8-16)7-11-5-3-2-4-6-13(11)17-15/h7H,2-6,9H2,1H3. The van der Waals surface area contributed by atoms with E-state index in [2.05, 4.69) is 21.3 Å². The van der Waals surface area contributed by atoms with Crippen molar-refractivity contribution in [3.8, 4) is 11.9 Å². The zero-order valence-electron chi connectivity index (χ0n) is 11.9. The molecular formula is C15H16N4O2. The minimum absolute atomic E-state index is 0.126. The van der Waals surface area contributed by atoms with Crippen LogP contribution in [0, 0.1) is 18.3 Å². The second-order valence-corrected chi connectivity index (χ2v) is 5.12. The maximum atomic E-state index is 9.27. The largest absolute Gasteiger partial charge is 0.467 e. The van der Waals surface area contributed by atoms with Gasteiger partial charge in [0.15, 0.2) is 6.61 Å². The van der Waals surface area contributed by atoms with Crippen LogP contribution in [0.4, 0.5) is 0 Å². The highest BCUT2D eigenvalue weighted by Gasteiger charge is 2.16. The fourth-order valence-corrected chi connectivity index (χ4v) is 2.51. The van der Waals surface area contributed by atoms with Crippen LogP contribution in [0.15, 0.2) is 10.5 Å². The van der Waals surface area contributed by atoms with Crippen molar-refractivity contribution in [1.29, 1.82) is 5.26 Å². The molecule has 0 fully saturated rings. The van der Waals surface area contributed by atoms with Crippen molar-refractivity contribution in [2.45, 2.75) is 45.6 Å². The Morgan fingerprint density at radius 3 is 2.90 bits per heavy atom. The minimum atomic E-state index is 0.126. The van der Waals surface area contributed by atoms with Crippen molar-refractivity contribution in [3.63, 3.8) is 0 Å². The zero-order chi connectivity index (χ0) is 14.7. The van der Waals surface area contributed by atoms with Crippen molar-refractivity contribution in [3.05, 3.63) is 34.7 Å². The molecule has 6 nitrogen and oxygen atoms in total. The Kier molecular flexibility index (Phi) is 3.82. The molecule has 2 heterocycles. The third kappa shape index (κ3) is 3.02. The van der Waals surface area contributed by atoms with Crippen molar-refractivity contribution < 1.29 is 9.15 Å². The Labute approximate surface area is 122 Å². The Bertz CT molecular complexity index is 687. The number of hydrogen-bond acceptors (Lipinski definition) is 6. The number of nitriles is 1. The number of nitrogens with zero attached hydrogens (tertiary/aromatic N) is 4. The van der Waals surface area contributed by atoms with Crippen molar-refractivity contribution >= 4 is 0 Å². The highest BCUT2D eigenvalue weighted by molar-refractivity contribution is 5.43. The molecule has 6 heteroatoms. The average molecular weight is 284 g/mol. The second-order valence-electron chi connectivity index (χ2n) is 5.12. The molecule has 2 aromatic heterocycles. The van der Waals surface area contributed by atoms with Crippen LogP contribution in [0.2, 0.25) is 0 Å². The van der Waals surface area contributed by atoms with Gasteiger partial charge in [0.25, 0.3) is 5.89 Å². The lowest BCUT2D eigenvalue weighted by Crippen LogP contribution is -2.04. The molecule has 0 N–H and O–H groups in total. The number of aromatic nitrogens is 3. The van der Waals surface area contributed by atoms with Crippen LogP contribution in [0.1, 0.15) is 47.9 Å². The summed E-state index contributed by atoms with van der Waals surface area (Å²) in [5, 5.41) is 16.9. The quantitative estimate of drug-likeness (QED) is 0.805. The van der Waals surface area contributed by atoms with Gasteiger partial charge >= 0.3 is 0 Å². The Balaban J connectivity index is 1.83. The molecule has 0 spiro atoms. The molecule has 0 atom stereocenters. The normalized spacial score (nSPS) is 14.1. The van der Waals surface area contributed by atoms with E-state index in [9.17, 15) is 5.26 Å². The predicted octanol–water partition coefficient (Wildman–Crippen LogP) is 2.49. The lowest BCUT2D eigenvalue weighted by atomic mass is 10.1. The molecular weight excluding hydrogens is 268 g/mol. The van der Waals surface area contributed by atoms with Gasteiger partial charge in [-0.3, -0.25) is 0 Å². The molecule has 2 aromatic rings. The van der Waals surface area contributed by atoms with Gasteiger partial charge in [0.1, 0.15) is 11.6 Å². The summed E-state index contributed by atoms with van der Waals surface area (Å²) in [5.74, 6) is 1.23. The first-order valence-electron chi connectivity index (χ1n) is 7.11. The fourth-order valence-electron chi connectivity index (χ4n) is 2.51. The molecule has 0 saturated heterocycles. The molecule has 3 rings (SSSR count). The molecule has 0 bridgehead atoms. The zero-order valence-corrected chi connectivity index (χ0v) is 11.9. The van der Waals surface area contributed by atoms with Gasteiger partial charge in [-0.05, 0) is 37.3 Å². The fraction of sp³-hybridized carbons (Fsp3) is 0.467. The highest BCUT2D eigenvalue weighted by atomic mass is 16.5. The van der Waals surface area contributed by atoms with Crippen LogP contribution in [0.25, 0.3) is 0 Å². The SMILES string of the molecule is Cc1nnc(COc2nc3c(cc2C#N)CCCCC3)o1. The third-order valence-corrected chi connectivity index (χ3v) is 3.54. The molecule has 108 valence electrons. The molecule has 1 aliphatic rings. The predicted molar refractivity (Wildman–Crippen MR) is 73.6 cm³/mol. The van der Waals surface area contributed by atoms with E-state index < -0.39 is 0 Å². The van der Waals surface area contributed by atoms with E-state index in [1.54, 1.807) is 6.92 Å². The van der Waals surface area contributed by atoms with Crippen LogP contribution >= 0.6 is 0 Å². The molecule has 0 aliphatic heterocycles. The number of ether oxygens (including phenoxy) is 1. The summed E-state index contributed by atoms with van der Waals surface area (Å²) in [4.78, 5) is 4.53. The Hall–Kier alpha value is -2.42. The van der Waals surface area contributed by atoms with Crippen molar-refractivity contribution in [2.75, 3.05) is 0 Å². The summed E-state index contributed by atoms with van der Waals surface area (Å²) in [6.07, 6.45) is 5.42. The van der Waals surface area contributed by atoms with E-state index in [0.29, 0.717) is 23.2 Å². The summed E-state index contributed by atoms with van der Waals surface area (Å²) in [6, 6.07) is 4.06. The smallest absolute Gasteiger partial charge is 0.253 e. The van der Waals surface area contributed by atoms with E-state index in [0.717, 1.165) is 31.4 Å². The lowest BCUT2D eigenvalue weighted by molar-refractivity contribution is 0.250. The van der Waals surface area contributed by atoms with E-state index >= 15 is 0 Å². The maximum absolute atomic E-state index is 9.27. The van der Waals surface area contributed by atoms with Gasteiger partial charge < -0.3 is 9.15 Å². The van der Waals surface area contributed by atoms with Gasteiger partial charge in [-0.25, -0.2) is 4.98 Å². The molecule has 0 radical (unpaired) electrons. The summed E-state index contributed by atoms with van der Waals surface area (Å²) in [7, 11) is 0. The molecule has 0 unspecified atom stereocenters. The molecule has 0 aromatic carbocycles. The lowest BCUT2D eigenvalue weighted by Gasteiger charge is -2.10. The van der Waals surface area contributed by atoms with Crippen molar-refractivity contribution in [2.24, 2.45) is 0 Å². The monoisotopic (exact) mass is 284 g/mol. The molecule has 0 amide bonds. The first kappa shape index (κ1) is 13.6. The first-order chi connectivity index (χ1) is 10.3. The number of hydrogen-bond donors (Lipinski definition) is 0. The van der Waals surface area contributed by atoms with Crippen LogP contribution in [-0.4, -0.2) is 15.2 Å². The molecule has 1 aliphatic carbocycles. The number of rotatable bonds is 3. The Morgan fingerprint density at radius 1 is 1.29 bits per heavy atom. The van der Waals surface area contributed by atoms with E-state index in [-0.39, 0.29) is 6.61 Å². The minimum Gasteiger partial charge on any atom is -0.467 e.